The van der Waals surface area contributed by atoms with Gasteiger partial charge in [0.1, 0.15) is 11.6 Å². The summed E-state index contributed by atoms with van der Waals surface area (Å²) < 4.78 is 28.4. The van der Waals surface area contributed by atoms with Crippen molar-refractivity contribution in [2.24, 2.45) is 0 Å². The van der Waals surface area contributed by atoms with Crippen LogP contribution >= 0.6 is 15.9 Å². The van der Waals surface area contributed by atoms with E-state index >= 15 is 0 Å². The monoisotopic (exact) mass is 310 g/mol. The second-order valence-electron chi connectivity index (χ2n) is 4.19. The van der Waals surface area contributed by atoms with Crippen LogP contribution in [0.5, 0.6) is 0 Å². The first-order chi connectivity index (χ1) is 8.61. The van der Waals surface area contributed by atoms with E-state index in [4.69, 9.17) is 0 Å². The number of halogens is 3. The maximum atomic E-state index is 14.0. The molecule has 2 rings (SSSR count). The van der Waals surface area contributed by atoms with Gasteiger partial charge in [-0.05, 0) is 30.2 Å². The maximum absolute atomic E-state index is 14.0. The van der Waals surface area contributed by atoms with Crippen molar-refractivity contribution in [3.63, 3.8) is 0 Å². The van der Waals surface area contributed by atoms with Crippen LogP contribution in [0.15, 0.2) is 40.9 Å². The average Bonchev–Trinajstić information content (AvgIpc) is 2.31. The van der Waals surface area contributed by atoms with E-state index in [9.17, 15) is 8.78 Å². The molecule has 0 aliphatic carbocycles. The molecular weight excluding hydrogens is 298 g/mol. The zero-order valence-electron chi connectivity index (χ0n) is 10.0. The second kappa shape index (κ2) is 5.61. The zero-order valence-corrected chi connectivity index (χ0v) is 11.6. The Morgan fingerprint density at radius 1 is 0.944 bits per heavy atom. The summed E-state index contributed by atoms with van der Waals surface area (Å²) in [4.78, 5) is 0. The smallest absolute Gasteiger partial charge is 0.132 e. The quantitative estimate of drug-likeness (QED) is 0.717. The molecule has 0 saturated heterocycles. The highest BCUT2D eigenvalue weighted by molar-refractivity contribution is 9.10. The molecule has 0 atom stereocenters. The number of benzene rings is 2. The van der Waals surface area contributed by atoms with Crippen LogP contribution in [0.3, 0.4) is 0 Å². The molecule has 0 aliphatic heterocycles. The Hall–Kier alpha value is -1.22. The minimum atomic E-state index is -0.425. The number of rotatable bonds is 3. The lowest BCUT2D eigenvalue weighted by Crippen LogP contribution is -1.91. The van der Waals surface area contributed by atoms with E-state index in [1.807, 2.05) is 13.0 Å². The highest BCUT2D eigenvalue weighted by Crippen LogP contribution is 2.28. The fraction of sp³-hybridized carbons (Fsp3) is 0.200. The van der Waals surface area contributed by atoms with Crippen LogP contribution < -0.4 is 0 Å². The van der Waals surface area contributed by atoms with Crippen LogP contribution in [-0.4, -0.2) is 0 Å². The third-order valence-electron chi connectivity index (χ3n) is 2.79. The van der Waals surface area contributed by atoms with Crippen molar-refractivity contribution in [3.05, 3.63) is 58.1 Å². The van der Waals surface area contributed by atoms with Crippen molar-refractivity contribution in [1.29, 1.82) is 0 Å². The molecule has 0 radical (unpaired) electrons. The van der Waals surface area contributed by atoms with Crippen LogP contribution in [0, 0.1) is 11.6 Å². The Kier molecular flexibility index (Phi) is 4.12. The third-order valence-corrected chi connectivity index (χ3v) is 3.29. The van der Waals surface area contributed by atoms with Crippen LogP contribution in [0.4, 0.5) is 8.78 Å². The molecule has 94 valence electrons. The molecule has 0 amide bonds. The first-order valence-corrected chi connectivity index (χ1v) is 6.65. The molecule has 0 heterocycles. The van der Waals surface area contributed by atoms with E-state index in [-0.39, 0.29) is 5.82 Å². The fourth-order valence-electron chi connectivity index (χ4n) is 1.93. The standard InChI is InChI=1S/C15H13BrF2/c1-2-3-10-4-6-12(14(17)8-10)13-7-5-11(16)9-15(13)18/h4-9H,2-3H2,1H3. The molecule has 0 unspecified atom stereocenters. The van der Waals surface area contributed by atoms with Crippen LogP contribution in [0.2, 0.25) is 0 Å². The lowest BCUT2D eigenvalue weighted by atomic mass is 10.0. The predicted octanol–water partition coefficient (Wildman–Crippen LogP) is 5.35. The third kappa shape index (κ3) is 2.78. The Morgan fingerprint density at radius 2 is 1.56 bits per heavy atom. The fourth-order valence-corrected chi connectivity index (χ4v) is 2.26. The van der Waals surface area contributed by atoms with Gasteiger partial charge in [-0.15, -0.1) is 0 Å². The van der Waals surface area contributed by atoms with Gasteiger partial charge < -0.3 is 0 Å². The topological polar surface area (TPSA) is 0 Å². The first-order valence-electron chi connectivity index (χ1n) is 5.85. The Balaban J connectivity index is 2.44. The molecule has 0 N–H and O–H groups in total. The van der Waals surface area contributed by atoms with Gasteiger partial charge in [0, 0.05) is 15.6 Å². The summed E-state index contributed by atoms with van der Waals surface area (Å²) in [5.41, 5.74) is 1.54. The van der Waals surface area contributed by atoms with E-state index in [1.54, 1.807) is 18.2 Å². The lowest BCUT2D eigenvalue weighted by molar-refractivity contribution is 0.614. The highest BCUT2D eigenvalue weighted by Gasteiger charge is 2.10. The van der Waals surface area contributed by atoms with Crippen LogP contribution in [0.25, 0.3) is 11.1 Å². The molecule has 0 nitrogen and oxygen atoms in total. The van der Waals surface area contributed by atoms with Gasteiger partial charge in [0.2, 0.25) is 0 Å². The van der Waals surface area contributed by atoms with Gasteiger partial charge in [0.15, 0.2) is 0 Å². The average molecular weight is 311 g/mol. The predicted molar refractivity (Wildman–Crippen MR) is 73.5 cm³/mol. The normalized spacial score (nSPS) is 10.7. The molecule has 0 bridgehead atoms. The minimum absolute atomic E-state index is 0.291. The summed E-state index contributed by atoms with van der Waals surface area (Å²) in [5.74, 6) is -0.798. The van der Waals surface area contributed by atoms with Crippen molar-refractivity contribution in [3.8, 4) is 11.1 Å². The number of hydrogen-bond donors (Lipinski definition) is 0. The van der Waals surface area contributed by atoms with Crippen molar-refractivity contribution in [2.75, 3.05) is 0 Å². The summed E-state index contributed by atoms with van der Waals surface area (Å²) in [6, 6.07) is 9.61. The minimum Gasteiger partial charge on any atom is -0.206 e. The Labute approximate surface area is 114 Å². The molecule has 3 heteroatoms. The van der Waals surface area contributed by atoms with Gasteiger partial charge >= 0.3 is 0 Å². The van der Waals surface area contributed by atoms with E-state index in [0.29, 0.717) is 15.6 Å². The molecule has 0 aromatic heterocycles. The summed E-state index contributed by atoms with van der Waals surface area (Å²) >= 11 is 3.19. The van der Waals surface area contributed by atoms with E-state index < -0.39 is 5.82 Å². The molecular formula is C15H13BrF2. The first kappa shape index (κ1) is 13.2. The highest BCUT2D eigenvalue weighted by atomic mass is 79.9. The van der Waals surface area contributed by atoms with E-state index in [0.717, 1.165) is 18.4 Å². The molecule has 2 aromatic rings. The Bertz CT molecular complexity index is 564. The molecule has 2 aromatic carbocycles. The van der Waals surface area contributed by atoms with Crippen molar-refractivity contribution in [2.45, 2.75) is 19.8 Å². The summed E-state index contributed by atoms with van der Waals surface area (Å²) in [5, 5.41) is 0. The van der Waals surface area contributed by atoms with Crippen molar-refractivity contribution >= 4 is 15.9 Å². The molecule has 0 spiro atoms. The van der Waals surface area contributed by atoms with Gasteiger partial charge in [-0.1, -0.05) is 47.5 Å². The molecule has 18 heavy (non-hydrogen) atoms. The van der Waals surface area contributed by atoms with Crippen molar-refractivity contribution in [1.82, 2.24) is 0 Å². The number of aryl methyl sites for hydroxylation is 1. The summed E-state index contributed by atoms with van der Waals surface area (Å²) in [6.07, 6.45) is 1.80. The molecule has 0 saturated carbocycles. The van der Waals surface area contributed by atoms with Gasteiger partial charge in [-0.3, -0.25) is 0 Å². The van der Waals surface area contributed by atoms with Gasteiger partial charge in [-0.25, -0.2) is 8.78 Å². The maximum Gasteiger partial charge on any atom is 0.132 e. The largest absolute Gasteiger partial charge is 0.206 e. The molecule has 0 fully saturated rings. The zero-order chi connectivity index (χ0) is 13.1. The second-order valence-corrected chi connectivity index (χ2v) is 5.10. The van der Waals surface area contributed by atoms with E-state index in [2.05, 4.69) is 15.9 Å². The molecule has 0 aliphatic rings. The summed E-state index contributed by atoms with van der Waals surface area (Å²) in [7, 11) is 0. The van der Waals surface area contributed by atoms with Gasteiger partial charge in [0.05, 0.1) is 0 Å². The SMILES string of the molecule is CCCc1ccc(-c2ccc(Br)cc2F)c(F)c1. The van der Waals surface area contributed by atoms with Crippen LogP contribution in [0.1, 0.15) is 18.9 Å². The van der Waals surface area contributed by atoms with Crippen molar-refractivity contribution < 1.29 is 8.78 Å². The van der Waals surface area contributed by atoms with Crippen LogP contribution in [-0.2, 0) is 6.42 Å². The van der Waals surface area contributed by atoms with Gasteiger partial charge in [-0.2, -0.15) is 0 Å². The Morgan fingerprint density at radius 3 is 2.11 bits per heavy atom. The lowest BCUT2D eigenvalue weighted by Gasteiger charge is -2.07. The summed E-state index contributed by atoms with van der Waals surface area (Å²) in [6.45, 7) is 2.04. The number of hydrogen-bond acceptors (Lipinski definition) is 0. The van der Waals surface area contributed by atoms with E-state index in [1.165, 1.54) is 12.1 Å². The van der Waals surface area contributed by atoms with Gasteiger partial charge in [0.25, 0.3) is 0 Å².